The standard InChI is InChI=1S/C17H16ClFN2/c1-10-5-7-15-14(8-10)20-17(12(3)18)21(15)16-9-11(2)4-6-13(16)19/h4-9,12H,1-3H3. The van der Waals surface area contributed by atoms with Gasteiger partial charge in [0.25, 0.3) is 0 Å². The monoisotopic (exact) mass is 302 g/mol. The smallest absolute Gasteiger partial charge is 0.147 e. The molecule has 1 aromatic heterocycles. The largest absolute Gasteiger partial charge is 0.292 e. The molecular formula is C17H16ClFN2. The lowest BCUT2D eigenvalue weighted by atomic mass is 10.2. The third kappa shape index (κ3) is 2.42. The number of aromatic nitrogens is 2. The van der Waals surface area contributed by atoms with Gasteiger partial charge in [0, 0.05) is 0 Å². The molecule has 0 radical (unpaired) electrons. The molecule has 3 aromatic rings. The van der Waals surface area contributed by atoms with Gasteiger partial charge >= 0.3 is 0 Å². The Kier molecular flexibility index (Phi) is 3.46. The van der Waals surface area contributed by atoms with Crippen LogP contribution in [0, 0.1) is 19.7 Å². The Morgan fingerprint density at radius 2 is 1.76 bits per heavy atom. The molecule has 0 aliphatic rings. The fourth-order valence-electron chi connectivity index (χ4n) is 2.52. The van der Waals surface area contributed by atoms with E-state index in [0.717, 1.165) is 22.2 Å². The van der Waals surface area contributed by atoms with Crippen molar-refractivity contribution in [1.29, 1.82) is 0 Å². The molecule has 4 heteroatoms. The maximum Gasteiger partial charge on any atom is 0.147 e. The lowest BCUT2D eigenvalue weighted by Gasteiger charge is -2.12. The van der Waals surface area contributed by atoms with Crippen molar-refractivity contribution < 1.29 is 4.39 Å². The number of alkyl halides is 1. The molecule has 2 nitrogen and oxygen atoms in total. The first-order chi connectivity index (χ1) is 9.97. The summed E-state index contributed by atoms with van der Waals surface area (Å²) in [6.45, 7) is 5.80. The van der Waals surface area contributed by atoms with Crippen LogP contribution in [0.25, 0.3) is 16.7 Å². The van der Waals surface area contributed by atoms with Gasteiger partial charge in [-0.05, 0) is 56.2 Å². The van der Waals surface area contributed by atoms with Crippen LogP contribution in [0.1, 0.15) is 29.3 Å². The van der Waals surface area contributed by atoms with E-state index in [1.54, 1.807) is 6.07 Å². The number of hydrogen-bond acceptors (Lipinski definition) is 1. The maximum atomic E-state index is 14.3. The van der Waals surface area contributed by atoms with Crippen molar-refractivity contribution in [3.05, 3.63) is 59.2 Å². The highest BCUT2D eigenvalue weighted by Crippen LogP contribution is 2.30. The molecule has 0 aliphatic heterocycles. The van der Waals surface area contributed by atoms with Crippen LogP contribution in [-0.2, 0) is 0 Å². The zero-order valence-corrected chi connectivity index (χ0v) is 12.9. The summed E-state index contributed by atoms with van der Waals surface area (Å²) >= 11 is 6.26. The van der Waals surface area contributed by atoms with Gasteiger partial charge < -0.3 is 0 Å². The number of nitrogens with zero attached hydrogens (tertiary/aromatic N) is 2. The summed E-state index contributed by atoms with van der Waals surface area (Å²) in [5.74, 6) is 0.376. The van der Waals surface area contributed by atoms with Crippen molar-refractivity contribution >= 4 is 22.6 Å². The van der Waals surface area contributed by atoms with Crippen molar-refractivity contribution in [2.75, 3.05) is 0 Å². The summed E-state index contributed by atoms with van der Waals surface area (Å²) in [7, 11) is 0. The fourth-order valence-corrected chi connectivity index (χ4v) is 2.67. The average molecular weight is 303 g/mol. The molecule has 0 saturated carbocycles. The van der Waals surface area contributed by atoms with Crippen molar-refractivity contribution in [1.82, 2.24) is 9.55 Å². The number of fused-ring (bicyclic) bond motifs is 1. The normalized spacial score (nSPS) is 12.8. The molecule has 1 heterocycles. The Morgan fingerprint density at radius 1 is 1.10 bits per heavy atom. The molecule has 0 aliphatic carbocycles. The van der Waals surface area contributed by atoms with Crippen LogP contribution in [0.5, 0.6) is 0 Å². The zero-order valence-electron chi connectivity index (χ0n) is 12.2. The lowest BCUT2D eigenvalue weighted by molar-refractivity contribution is 0.616. The van der Waals surface area contributed by atoms with E-state index in [0.29, 0.717) is 11.5 Å². The average Bonchev–Trinajstić information content (AvgIpc) is 2.80. The van der Waals surface area contributed by atoms with E-state index in [2.05, 4.69) is 4.98 Å². The van der Waals surface area contributed by atoms with Gasteiger partial charge in [0.05, 0.1) is 22.1 Å². The highest BCUT2D eigenvalue weighted by Gasteiger charge is 2.18. The molecule has 0 fully saturated rings. The molecule has 1 unspecified atom stereocenters. The minimum absolute atomic E-state index is 0.279. The molecule has 108 valence electrons. The molecule has 2 aromatic carbocycles. The minimum atomic E-state index is -0.308. The van der Waals surface area contributed by atoms with Crippen LogP contribution < -0.4 is 0 Å². The number of rotatable bonds is 2. The summed E-state index contributed by atoms with van der Waals surface area (Å²) in [5.41, 5.74) is 4.30. The van der Waals surface area contributed by atoms with Gasteiger partial charge in [0.15, 0.2) is 0 Å². The van der Waals surface area contributed by atoms with E-state index in [-0.39, 0.29) is 11.2 Å². The molecule has 0 spiro atoms. The van der Waals surface area contributed by atoms with Crippen molar-refractivity contribution in [3.8, 4) is 5.69 Å². The first-order valence-electron chi connectivity index (χ1n) is 6.87. The Morgan fingerprint density at radius 3 is 2.48 bits per heavy atom. The number of benzene rings is 2. The van der Waals surface area contributed by atoms with E-state index < -0.39 is 0 Å². The summed E-state index contributed by atoms with van der Waals surface area (Å²) in [6, 6.07) is 11.0. The summed E-state index contributed by atoms with van der Waals surface area (Å²) in [4.78, 5) is 4.58. The molecular weight excluding hydrogens is 287 g/mol. The molecule has 1 atom stereocenters. The molecule has 0 N–H and O–H groups in total. The van der Waals surface area contributed by atoms with E-state index in [9.17, 15) is 4.39 Å². The van der Waals surface area contributed by atoms with Crippen LogP contribution in [0.4, 0.5) is 4.39 Å². The topological polar surface area (TPSA) is 17.8 Å². The van der Waals surface area contributed by atoms with Crippen molar-refractivity contribution in [3.63, 3.8) is 0 Å². The van der Waals surface area contributed by atoms with Gasteiger partial charge in [-0.15, -0.1) is 11.6 Å². The second-order valence-electron chi connectivity index (χ2n) is 5.37. The van der Waals surface area contributed by atoms with Gasteiger partial charge in [0.1, 0.15) is 11.6 Å². The molecule has 0 amide bonds. The first-order valence-corrected chi connectivity index (χ1v) is 7.30. The molecule has 0 saturated heterocycles. The van der Waals surface area contributed by atoms with E-state index in [4.69, 9.17) is 11.6 Å². The molecule has 21 heavy (non-hydrogen) atoms. The zero-order chi connectivity index (χ0) is 15.1. The molecule has 3 rings (SSSR count). The summed E-state index contributed by atoms with van der Waals surface area (Å²) < 4.78 is 16.1. The SMILES string of the molecule is Cc1ccc(F)c(-n2c(C(C)Cl)nc3cc(C)ccc32)c1. The van der Waals surface area contributed by atoms with Crippen LogP contribution in [0.2, 0.25) is 0 Å². The number of aryl methyl sites for hydroxylation is 2. The predicted molar refractivity (Wildman–Crippen MR) is 84.8 cm³/mol. The fraction of sp³-hybridized carbons (Fsp3) is 0.235. The van der Waals surface area contributed by atoms with Gasteiger partial charge in [-0.25, -0.2) is 9.37 Å². The van der Waals surface area contributed by atoms with Gasteiger partial charge in [0.2, 0.25) is 0 Å². The van der Waals surface area contributed by atoms with Crippen LogP contribution in [0.3, 0.4) is 0 Å². The lowest BCUT2D eigenvalue weighted by Crippen LogP contribution is -2.04. The Bertz CT molecular complexity index is 821. The molecule has 0 bridgehead atoms. The van der Waals surface area contributed by atoms with E-state index >= 15 is 0 Å². The second kappa shape index (κ2) is 5.15. The number of halogens is 2. The third-order valence-electron chi connectivity index (χ3n) is 3.53. The Balaban J connectivity index is 2.39. The summed E-state index contributed by atoms with van der Waals surface area (Å²) in [5, 5.41) is -0.308. The van der Waals surface area contributed by atoms with E-state index in [1.807, 2.05) is 49.6 Å². The quantitative estimate of drug-likeness (QED) is 0.604. The van der Waals surface area contributed by atoms with Gasteiger partial charge in [-0.1, -0.05) is 12.1 Å². The van der Waals surface area contributed by atoms with Gasteiger partial charge in [-0.2, -0.15) is 0 Å². The van der Waals surface area contributed by atoms with Crippen LogP contribution in [-0.4, -0.2) is 9.55 Å². The van der Waals surface area contributed by atoms with E-state index in [1.165, 1.54) is 6.07 Å². The van der Waals surface area contributed by atoms with Crippen LogP contribution >= 0.6 is 11.6 Å². The van der Waals surface area contributed by atoms with Crippen LogP contribution in [0.15, 0.2) is 36.4 Å². The highest BCUT2D eigenvalue weighted by molar-refractivity contribution is 6.20. The van der Waals surface area contributed by atoms with Gasteiger partial charge in [-0.3, -0.25) is 4.57 Å². The van der Waals surface area contributed by atoms with Crippen molar-refractivity contribution in [2.45, 2.75) is 26.1 Å². The number of hydrogen-bond donors (Lipinski definition) is 0. The third-order valence-corrected chi connectivity index (χ3v) is 3.73. The Hall–Kier alpha value is -1.87. The number of imidazole rings is 1. The maximum absolute atomic E-state index is 14.3. The minimum Gasteiger partial charge on any atom is -0.292 e. The highest BCUT2D eigenvalue weighted by atomic mass is 35.5. The Labute approximate surface area is 128 Å². The summed E-state index contributed by atoms with van der Waals surface area (Å²) in [6.07, 6.45) is 0. The second-order valence-corrected chi connectivity index (χ2v) is 6.02. The van der Waals surface area contributed by atoms with Crippen molar-refractivity contribution in [2.24, 2.45) is 0 Å². The predicted octanol–water partition coefficient (Wildman–Crippen LogP) is 5.08. The first kappa shape index (κ1) is 14.1.